The number of nitrogens with one attached hydrogen (secondary N) is 11. The number of rotatable bonds is 32. The Morgan fingerprint density at radius 3 is 1.68 bits per heavy atom. The number of carboxylic acid groups (broad SMARTS) is 2. The minimum Gasteiger partial charge on any atom is -0.508 e. The van der Waals surface area contributed by atoms with Gasteiger partial charge in [-0.2, -0.15) is 0 Å². The van der Waals surface area contributed by atoms with Gasteiger partial charge in [0.05, 0.1) is 38.7 Å². The van der Waals surface area contributed by atoms with Gasteiger partial charge in [0.1, 0.15) is 60.6 Å². The summed E-state index contributed by atoms with van der Waals surface area (Å²) < 4.78 is 0. The van der Waals surface area contributed by atoms with Gasteiger partial charge in [-0.1, -0.05) is 12.1 Å². The number of hydrogen-bond donors (Lipinski definition) is 17. The lowest BCUT2D eigenvalue weighted by molar-refractivity contribution is -0.143. The van der Waals surface area contributed by atoms with Crippen molar-refractivity contribution in [2.75, 3.05) is 39.3 Å². The quantitative estimate of drug-likeness (QED) is 0.0319. The number of aliphatic carboxylic acids is 2. The number of phenols is 1. The maximum atomic E-state index is 13.8. The Bertz CT molecular complexity index is 2440. The van der Waals surface area contributed by atoms with Crippen LogP contribution in [-0.2, 0) is 78.3 Å². The first-order valence-electron chi connectivity index (χ1n) is 24.4. The average Bonchev–Trinajstić information content (AvgIpc) is 3.88. The third kappa shape index (κ3) is 23.8. The molecule has 19 N–H and O–H groups in total. The predicted octanol–water partition coefficient (Wildman–Crippen LogP) is -8.99. The van der Waals surface area contributed by atoms with Crippen LogP contribution in [0.25, 0.3) is 0 Å². The molecule has 0 spiro atoms. The molecule has 1 fully saturated rings. The largest absolute Gasteiger partial charge is 0.508 e. The normalized spacial score (nSPS) is 15.7. The van der Waals surface area contributed by atoms with Crippen molar-refractivity contribution in [2.24, 2.45) is 11.5 Å². The van der Waals surface area contributed by atoms with Gasteiger partial charge in [0.15, 0.2) is 0 Å². The molecule has 0 aliphatic carbocycles. The second-order valence-electron chi connectivity index (χ2n) is 18.0. The topological polar surface area (TPSA) is 525 Å². The van der Waals surface area contributed by atoms with Crippen molar-refractivity contribution in [3.8, 4) is 5.75 Å². The first kappa shape index (κ1) is 66.1. The van der Waals surface area contributed by atoms with Crippen LogP contribution in [0.3, 0.4) is 0 Å². The van der Waals surface area contributed by atoms with Crippen LogP contribution in [0.5, 0.6) is 5.75 Å². The Morgan fingerprint density at radius 1 is 0.582 bits per heavy atom. The third-order valence-electron chi connectivity index (χ3n) is 11.4. The molecule has 1 aromatic carbocycles. The predicted molar refractivity (Wildman–Crippen MR) is 268 cm³/mol. The molecule has 6 unspecified atom stereocenters. The van der Waals surface area contributed by atoms with Gasteiger partial charge in [0.25, 0.3) is 0 Å². The standard InChI is InChI=1S/C46H68N14O19/c1-21(54-43(76)28(14-25-7-9-26(62)10-8-25)58-42(75)27(11-12-36(68)69)56-34(66)18-49-32(64)16-47)39(72)51-19-35(67)57-29(15-31(48)63)46(79)60-13-5-6-30(60)44(77)55-22(2)40(73)53-23(3)41(74)59-38(24(4)61)45(78)52-17-33(65)50-20-37(70)71/h7-10,21-24,27-30,38,61-62H,5-6,11-20,47H2,1-4H3,(H2,48,63)(H,49,64)(H,50,65)(H,51,72)(H,52,78)(H,53,73)(H,54,76)(H,55,77)(H,56,66)(H,57,67)(H,58,75)(H,59,74)(H,68,69)(H,70,71)/t21-,22?,23-,24?,27?,28?,29?,30-,38?/m0/s1. The molecular formula is C46H68N14O19. The molecule has 0 radical (unpaired) electrons. The van der Waals surface area contributed by atoms with E-state index in [2.05, 4.69) is 53.2 Å². The fourth-order valence-electron chi connectivity index (χ4n) is 7.21. The monoisotopic (exact) mass is 1120 g/mol. The first-order valence-corrected chi connectivity index (χ1v) is 24.4. The lowest BCUT2D eigenvalue weighted by Gasteiger charge is -2.29. The lowest BCUT2D eigenvalue weighted by atomic mass is 10.0. The Morgan fingerprint density at radius 2 is 1.10 bits per heavy atom. The number of aliphatic hydroxyl groups is 1. The van der Waals surface area contributed by atoms with E-state index in [9.17, 15) is 87.2 Å². The number of aromatic hydroxyl groups is 1. The number of amides is 13. The van der Waals surface area contributed by atoms with Crippen LogP contribution in [0, 0.1) is 0 Å². The fraction of sp³-hybridized carbons (Fsp3) is 0.543. The molecule has 1 saturated heterocycles. The van der Waals surface area contributed by atoms with Crippen molar-refractivity contribution in [3.63, 3.8) is 0 Å². The van der Waals surface area contributed by atoms with E-state index in [0.717, 1.165) is 11.8 Å². The summed E-state index contributed by atoms with van der Waals surface area (Å²) in [4.78, 5) is 190. The zero-order valence-corrected chi connectivity index (χ0v) is 43.5. The number of primary amides is 1. The number of benzene rings is 1. The summed E-state index contributed by atoms with van der Waals surface area (Å²) in [6.45, 7) is 1.42. The fourth-order valence-corrected chi connectivity index (χ4v) is 7.21. The van der Waals surface area contributed by atoms with Crippen LogP contribution >= 0.6 is 0 Å². The highest BCUT2D eigenvalue weighted by Gasteiger charge is 2.39. The van der Waals surface area contributed by atoms with Gasteiger partial charge in [-0.05, 0) is 64.7 Å². The number of likely N-dealkylation sites (tertiary alicyclic amines) is 1. The zero-order valence-electron chi connectivity index (χ0n) is 43.5. The van der Waals surface area contributed by atoms with Gasteiger partial charge in [-0.3, -0.25) is 71.9 Å². The number of nitrogens with zero attached hydrogens (tertiary/aromatic N) is 1. The van der Waals surface area contributed by atoms with Gasteiger partial charge >= 0.3 is 11.9 Å². The van der Waals surface area contributed by atoms with Crippen LogP contribution in [0.1, 0.15) is 65.4 Å². The number of carbonyl (C=O) groups is 15. The van der Waals surface area contributed by atoms with E-state index < -0.39 is 195 Å². The lowest BCUT2D eigenvalue weighted by Crippen LogP contribution is -2.59. The summed E-state index contributed by atoms with van der Waals surface area (Å²) >= 11 is 0. The summed E-state index contributed by atoms with van der Waals surface area (Å²) in [5.41, 5.74) is 11.0. The van der Waals surface area contributed by atoms with Crippen molar-refractivity contribution in [2.45, 2.75) is 121 Å². The molecule has 436 valence electrons. The Balaban J connectivity index is 2.09. The SMILES string of the molecule is CC(NC(=O)[C@@H]1CCCN1C(=O)C(CC(N)=O)NC(=O)CNC(=O)[C@H](C)NC(=O)C(Cc1ccc(O)cc1)NC(=O)C(CCC(=O)O)NC(=O)CNC(=O)CN)C(=O)N[C@@H](C)C(=O)NC(C(=O)NCC(=O)NCC(=O)O)C(C)O. The molecule has 1 aliphatic heterocycles. The van der Waals surface area contributed by atoms with E-state index in [1.807, 2.05) is 5.32 Å². The Hall–Kier alpha value is -9.01. The molecule has 0 bridgehead atoms. The minimum absolute atomic E-state index is 0.0560. The molecule has 79 heavy (non-hydrogen) atoms. The van der Waals surface area contributed by atoms with E-state index in [-0.39, 0.29) is 31.6 Å². The van der Waals surface area contributed by atoms with E-state index in [1.54, 1.807) is 0 Å². The maximum absolute atomic E-state index is 13.8. The van der Waals surface area contributed by atoms with Crippen molar-refractivity contribution < 1.29 is 92.3 Å². The summed E-state index contributed by atoms with van der Waals surface area (Å²) in [6.07, 6.45) is -3.30. The smallest absolute Gasteiger partial charge is 0.322 e. The second-order valence-corrected chi connectivity index (χ2v) is 18.0. The highest BCUT2D eigenvalue weighted by atomic mass is 16.4. The van der Waals surface area contributed by atoms with Gasteiger partial charge in [-0.25, -0.2) is 0 Å². The zero-order chi connectivity index (χ0) is 59.7. The number of hydrogen-bond acceptors (Lipinski definition) is 18. The average molecular weight is 1120 g/mol. The number of carbonyl (C=O) groups excluding carboxylic acids is 13. The van der Waals surface area contributed by atoms with Gasteiger partial charge in [0.2, 0.25) is 76.8 Å². The van der Waals surface area contributed by atoms with Gasteiger partial charge < -0.3 is 95.3 Å². The molecule has 33 heteroatoms. The number of nitrogens with two attached hydrogens (primary N) is 2. The summed E-state index contributed by atoms with van der Waals surface area (Å²) in [7, 11) is 0. The van der Waals surface area contributed by atoms with Crippen LogP contribution < -0.4 is 70.0 Å². The van der Waals surface area contributed by atoms with Crippen LogP contribution in [0.4, 0.5) is 0 Å². The molecule has 9 atom stereocenters. The number of carboxylic acids is 2. The summed E-state index contributed by atoms with van der Waals surface area (Å²) in [5, 5.41) is 62.7. The van der Waals surface area contributed by atoms with E-state index in [1.165, 1.54) is 45.0 Å². The van der Waals surface area contributed by atoms with Crippen LogP contribution in [0.2, 0.25) is 0 Å². The van der Waals surface area contributed by atoms with Crippen molar-refractivity contribution in [3.05, 3.63) is 29.8 Å². The first-order chi connectivity index (χ1) is 37.0. The minimum atomic E-state index is -1.67. The van der Waals surface area contributed by atoms with Crippen molar-refractivity contribution >= 4 is 88.7 Å². The molecule has 1 heterocycles. The van der Waals surface area contributed by atoms with Crippen LogP contribution in [-0.4, -0.2) is 208 Å². The second kappa shape index (κ2) is 32.5. The van der Waals surface area contributed by atoms with E-state index in [0.29, 0.717) is 5.56 Å². The molecule has 1 aromatic rings. The summed E-state index contributed by atoms with van der Waals surface area (Å²) in [5.74, 6) is -15.0. The highest BCUT2D eigenvalue weighted by Crippen LogP contribution is 2.20. The molecule has 0 aromatic heterocycles. The highest BCUT2D eigenvalue weighted by molar-refractivity contribution is 5.99. The van der Waals surface area contributed by atoms with E-state index in [4.69, 9.17) is 16.6 Å². The number of aliphatic hydroxyl groups excluding tert-OH is 1. The molecule has 13 amide bonds. The molecule has 1 aliphatic rings. The maximum Gasteiger partial charge on any atom is 0.322 e. The Labute approximate surface area is 450 Å². The third-order valence-corrected chi connectivity index (χ3v) is 11.4. The van der Waals surface area contributed by atoms with Crippen LogP contribution in [0.15, 0.2) is 24.3 Å². The van der Waals surface area contributed by atoms with Gasteiger partial charge in [0, 0.05) is 19.4 Å². The summed E-state index contributed by atoms with van der Waals surface area (Å²) in [6, 6.07) is -6.36. The number of phenolic OH excluding ortho intramolecular Hbond substituents is 1. The molecular weight excluding hydrogens is 1050 g/mol. The Kier molecular flexibility index (Phi) is 27.2. The molecule has 0 saturated carbocycles. The van der Waals surface area contributed by atoms with E-state index >= 15 is 0 Å². The van der Waals surface area contributed by atoms with Crippen molar-refractivity contribution in [1.82, 2.24) is 63.4 Å². The molecule has 33 nitrogen and oxygen atoms in total. The van der Waals surface area contributed by atoms with Gasteiger partial charge in [-0.15, -0.1) is 0 Å². The van der Waals surface area contributed by atoms with Crippen molar-refractivity contribution in [1.29, 1.82) is 0 Å². The molecule has 2 rings (SSSR count).